The van der Waals surface area contributed by atoms with Crippen LogP contribution < -0.4 is 0 Å². The van der Waals surface area contributed by atoms with E-state index in [2.05, 4.69) is 29.4 Å². The van der Waals surface area contributed by atoms with E-state index in [-0.39, 0.29) is 12.0 Å². The summed E-state index contributed by atoms with van der Waals surface area (Å²) in [4.78, 5) is 13.7. The highest BCUT2D eigenvalue weighted by molar-refractivity contribution is 5.92. The second-order valence-corrected chi connectivity index (χ2v) is 5.67. The zero-order valence-electron chi connectivity index (χ0n) is 12.5. The average molecular weight is 308 g/mol. The van der Waals surface area contributed by atoms with Gasteiger partial charge in [-0.25, -0.2) is 0 Å². The van der Waals surface area contributed by atoms with Gasteiger partial charge in [-0.05, 0) is 16.3 Å². The molecule has 0 aliphatic carbocycles. The summed E-state index contributed by atoms with van der Waals surface area (Å²) < 4.78 is 10.6. The molecule has 1 saturated heterocycles. The van der Waals surface area contributed by atoms with E-state index in [1.54, 1.807) is 11.0 Å². The quantitative estimate of drug-likeness (QED) is 0.743. The molecule has 1 fully saturated rings. The van der Waals surface area contributed by atoms with Crippen molar-refractivity contribution in [3.05, 3.63) is 66.1 Å². The summed E-state index contributed by atoms with van der Waals surface area (Å²) >= 11 is 0. The Balaban J connectivity index is 1.35. The van der Waals surface area contributed by atoms with E-state index in [4.69, 9.17) is 9.26 Å². The van der Waals surface area contributed by atoms with Gasteiger partial charge in [-0.3, -0.25) is 4.79 Å². The lowest BCUT2D eigenvalue weighted by Gasteiger charge is -2.38. The fourth-order valence-electron chi connectivity index (χ4n) is 2.82. The number of hydrogen-bond donors (Lipinski definition) is 0. The minimum atomic E-state index is -0.108. The molecule has 5 nitrogen and oxygen atoms in total. The van der Waals surface area contributed by atoms with Gasteiger partial charge in [0, 0.05) is 19.2 Å². The molecule has 1 aliphatic heterocycles. The number of carbonyl (C=O) groups is 1. The number of nitrogens with zero attached hydrogens (tertiary/aromatic N) is 2. The molecule has 0 saturated carbocycles. The van der Waals surface area contributed by atoms with Crippen molar-refractivity contribution in [2.75, 3.05) is 13.1 Å². The summed E-state index contributed by atoms with van der Waals surface area (Å²) in [7, 11) is 0. The van der Waals surface area contributed by atoms with Crippen molar-refractivity contribution in [3.63, 3.8) is 0 Å². The van der Waals surface area contributed by atoms with Crippen molar-refractivity contribution < 1.29 is 14.1 Å². The van der Waals surface area contributed by atoms with Gasteiger partial charge in [0.15, 0.2) is 5.69 Å². The second kappa shape index (κ2) is 5.85. The molecular weight excluding hydrogens is 292 g/mol. The summed E-state index contributed by atoms with van der Waals surface area (Å²) in [5, 5.41) is 6.09. The standard InChI is InChI=1S/C18H16N2O3/c21-18(17-8-9-23-19-17)20-10-15(11-20)22-12-14-6-3-5-13-4-1-2-7-16(13)14/h1-9,15H,10-12H2. The molecule has 5 heteroatoms. The monoisotopic (exact) mass is 308 g/mol. The predicted octanol–water partition coefficient (Wildman–Crippen LogP) is 2.87. The van der Waals surface area contributed by atoms with E-state index in [9.17, 15) is 4.79 Å². The van der Waals surface area contributed by atoms with Crippen LogP contribution in [0.25, 0.3) is 10.8 Å². The Hall–Kier alpha value is -2.66. The van der Waals surface area contributed by atoms with Gasteiger partial charge in [-0.15, -0.1) is 0 Å². The largest absolute Gasteiger partial charge is 0.370 e. The summed E-state index contributed by atoms with van der Waals surface area (Å²) in [5.41, 5.74) is 1.52. The molecule has 23 heavy (non-hydrogen) atoms. The van der Waals surface area contributed by atoms with E-state index in [0.717, 1.165) is 0 Å². The van der Waals surface area contributed by atoms with Gasteiger partial charge in [0.1, 0.15) is 6.26 Å². The van der Waals surface area contributed by atoms with Crippen LogP contribution in [0.4, 0.5) is 0 Å². The van der Waals surface area contributed by atoms with Gasteiger partial charge < -0.3 is 14.2 Å². The highest BCUT2D eigenvalue weighted by Crippen LogP contribution is 2.21. The summed E-state index contributed by atoms with van der Waals surface area (Å²) in [6.45, 7) is 1.74. The Kier molecular flexibility index (Phi) is 3.55. The lowest BCUT2D eigenvalue weighted by molar-refractivity contribution is -0.0502. The molecule has 0 radical (unpaired) electrons. The van der Waals surface area contributed by atoms with E-state index >= 15 is 0 Å². The third-order valence-electron chi connectivity index (χ3n) is 4.15. The fourth-order valence-corrected chi connectivity index (χ4v) is 2.82. The number of amides is 1. The molecule has 2 heterocycles. The lowest BCUT2D eigenvalue weighted by atomic mass is 10.1. The maximum Gasteiger partial charge on any atom is 0.276 e. The van der Waals surface area contributed by atoms with Crippen molar-refractivity contribution in [1.82, 2.24) is 10.1 Å². The van der Waals surface area contributed by atoms with Crippen LogP contribution in [0.1, 0.15) is 16.1 Å². The normalized spacial score (nSPS) is 14.9. The third kappa shape index (κ3) is 2.71. The van der Waals surface area contributed by atoms with E-state index in [1.165, 1.54) is 22.6 Å². The Morgan fingerprint density at radius 2 is 2.00 bits per heavy atom. The van der Waals surface area contributed by atoms with Gasteiger partial charge in [-0.2, -0.15) is 0 Å². The Labute approximate surface area is 133 Å². The molecule has 0 spiro atoms. The number of rotatable bonds is 4. The van der Waals surface area contributed by atoms with Gasteiger partial charge in [0.2, 0.25) is 0 Å². The van der Waals surface area contributed by atoms with Gasteiger partial charge >= 0.3 is 0 Å². The first-order chi connectivity index (χ1) is 11.3. The Bertz CT molecular complexity index is 818. The van der Waals surface area contributed by atoms with Crippen LogP contribution in [-0.2, 0) is 11.3 Å². The van der Waals surface area contributed by atoms with Gasteiger partial charge in [0.05, 0.1) is 12.7 Å². The first-order valence-corrected chi connectivity index (χ1v) is 7.59. The molecular formula is C18H16N2O3. The van der Waals surface area contributed by atoms with Gasteiger partial charge in [0.25, 0.3) is 5.91 Å². The zero-order chi connectivity index (χ0) is 15.6. The number of benzene rings is 2. The minimum Gasteiger partial charge on any atom is -0.370 e. The number of ether oxygens (including phenoxy) is 1. The molecule has 1 aromatic heterocycles. The number of hydrogen-bond acceptors (Lipinski definition) is 4. The number of carbonyl (C=O) groups excluding carboxylic acids is 1. The van der Waals surface area contributed by atoms with Crippen LogP contribution in [0.5, 0.6) is 0 Å². The lowest BCUT2D eigenvalue weighted by Crippen LogP contribution is -2.54. The molecule has 0 unspecified atom stereocenters. The molecule has 4 rings (SSSR count). The Morgan fingerprint density at radius 3 is 2.83 bits per heavy atom. The van der Waals surface area contributed by atoms with Crippen LogP contribution in [0.3, 0.4) is 0 Å². The highest BCUT2D eigenvalue weighted by Gasteiger charge is 2.33. The van der Waals surface area contributed by atoms with E-state index in [0.29, 0.717) is 25.4 Å². The smallest absolute Gasteiger partial charge is 0.276 e. The van der Waals surface area contributed by atoms with E-state index < -0.39 is 0 Å². The van der Waals surface area contributed by atoms with E-state index in [1.807, 2.05) is 18.2 Å². The predicted molar refractivity (Wildman–Crippen MR) is 84.9 cm³/mol. The summed E-state index contributed by atoms with van der Waals surface area (Å²) in [5.74, 6) is -0.108. The number of fused-ring (bicyclic) bond motifs is 1. The maximum atomic E-state index is 12.0. The van der Waals surface area contributed by atoms with Crippen molar-refractivity contribution in [2.45, 2.75) is 12.7 Å². The average Bonchev–Trinajstić information content (AvgIpc) is 3.08. The molecule has 0 atom stereocenters. The van der Waals surface area contributed by atoms with Crippen molar-refractivity contribution in [2.24, 2.45) is 0 Å². The van der Waals surface area contributed by atoms with Crippen molar-refractivity contribution in [3.8, 4) is 0 Å². The van der Waals surface area contributed by atoms with Crippen molar-refractivity contribution in [1.29, 1.82) is 0 Å². The van der Waals surface area contributed by atoms with Crippen molar-refractivity contribution >= 4 is 16.7 Å². The maximum absolute atomic E-state index is 12.0. The first kappa shape index (κ1) is 14.0. The molecule has 1 aliphatic rings. The molecule has 116 valence electrons. The molecule has 2 aromatic carbocycles. The van der Waals surface area contributed by atoms with Crippen LogP contribution in [0.2, 0.25) is 0 Å². The van der Waals surface area contributed by atoms with Crippen LogP contribution >= 0.6 is 0 Å². The summed E-state index contributed by atoms with van der Waals surface area (Å²) in [6.07, 6.45) is 1.48. The zero-order valence-corrected chi connectivity index (χ0v) is 12.5. The van der Waals surface area contributed by atoms with Crippen LogP contribution in [-0.4, -0.2) is 35.2 Å². The fraction of sp³-hybridized carbons (Fsp3) is 0.222. The minimum absolute atomic E-state index is 0.0739. The second-order valence-electron chi connectivity index (χ2n) is 5.67. The Morgan fingerprint density at radius 1 is 1.17 bits per heavy atom. The highest BCUT2D eigenvalue weighted by atomic mass is 16.5. The number of likely N-dealkylation sites (tertiary alicyclic amines) is 1. The first-order valence-electron chi connectivity index (χ1n) is 7.59. The molecule has 0 N–H and O–H groups in total. The summed E-state index contributed by atoms with van der Waals surface area (Å²) in [6, 6.07) is 16.1. The third-order valence-corrected chi connectivity index (χ3v) is 4.15. The molecule has 3 aromatic rings. The van der Waals surface area contributed by atoms with Crippen LogP contribution in [0.15, 0.2) is 59.3 Å². The molecule has 0 bridgehead atoms. The topological polar surface area (TPSA) is 55.6 Å². The SMILES string of the molecule is O=C(c1ccon1)N1CC(OCc2cccc3ccccc23)C1. The van der Waals surface area contributed by atoms with Gasteiger partial charge in [-0.1, -0.05) is 47.6 Å². The van der Waals surface area contributed by atoms with Crippen LogP contribution in [0, 0.1) is 0 Å². The molecule has 1 amide bonds. The number of aromatic nitrogens is 1.